The van der Waals surface area contributed by atoms with Crippen LogP contribution in [0.1, 0.15) is 63.9 Å². The fourth-order valence-corrected chi connectivity index (χ4v) is 5.32. The van der Waals surface area contributed by atoms with E-state index >= 15 is 0 Å². The highest BCUT2D eigenvalue weighted by molar-refractivity contribution is 6.41. The van der Waals surface area contributed by atoms with E-state index in [0.717, 1.165) is 5.56 Å². The third kappa shape index (κ3) is 3.81. The summed E-state index contributed by atoms with van der Waals surface area (Å²) in [6, 6.07) is 7.81. The molecule has 194 valence electrons. The molecule has 3 aliphatic rings. The van der Waals surface area contributed by atoms with Gasteiger partial charge in [-0.25, -0.2) is 4.79 Å². The number of ether oxygens (including phenoxy) is 5. The lowest BCUT2D eigenvalue weighted by molar-refractivity contribution is -0.143. The molecule has 5 rings (SSSR count). The molecule has 0 amide bonds. The number of esters is 1. The van der Waals surface area contributed by atoms with Crippen LogP contribution in [0, 0.1) is 12.8 Å². The minimum atomic E-state index is -0.879. The first-order chi connectivity index (χ1) is 17.8. The highest BCUT2D eigenvalue weighted by atomic mass is 16.7. The van der Waals surface area contributed by atoms with Crippen LogP contribution in [0.2, 0.25) is 0 Å². The van der Waals surface area contributed by atoms with Gasteiger partial charge >= 0.3 is 5.97 Å². The monoisotopic (exact) mass is 507 g/mol. The predicted octanol–water partition coefficient (Wildman–Crippen LogP) is 4.04. The molecule has 9 nitrogen and oxygen atoms in total. The lowest BCUT2D eigenvalue weighted by atomic mass is 9.77. The van der Waals surface area contributed by atoms with E-state index in [0.29, 0.717) is 23.3 Å². The first-order valence-electron chi connectivity index (χ1n) is 12.2. The minimum Gasteiger partial charge on any atom is -0.467 e. The fourth-order valence-electron chi connectivity index (χ4n) is 5.32. The number of methoxy groups -OCH3 is 2. The summed E-state index contributed by atoms with van der Waals surface area (Å²) >= 11 is 0. The van der Waals surface area contributed by atoms with Crippen molar-refractivity contribution in [1.82, 2.24) is 4.90 Å². The number of ketones is 2. The number of benzene rings is 2. The largest absolute Gasteiger partial charge is 0.467 e. The molecule has 9 heteroatoms. The smallest absolute Gasteiger partial charge is 0.331 e. The minimum absolute atomic E-state index is 0.0596. The summed E-state index contributed by atoms with van der Waals surface area (Å²) in [6.07, 6.45) is -0.203. The van der Waals surface area contributed by atoms with Crippen molar-refractivity contribution in [2.24, 2.45) is 5.92 Å². The fraction of sp³-hybridized carbons (Fsp3) is 0.393. The second-order valence-corrected chi connectivity index (χ2v) is 9.42. The predicted molar refractivity (Wildman–Crippen MR) is 132 cm³/mol. The summed E-state index contributed by atoms with van der Waals surface area (Å²) in [5.74, 6) is -0.736. The van der Waals surface area contributed by atoms with E-state index in [-0.39, 0.29) is 53.4 Å². The average molecular weight is 508 g/mol. The van der Waals surface area contributed by atoms with Crippen LogP contribution in [0.25, 0.3) is 5.57 Å². The molecule has 37 heavy (non-hydrogen) atoms. The number of Topliss-reactive ketones (excluding diaryl/α,β-unsaturated/α-hetero) is 2. The SMILES string of the molecule is CC[C@H](C)[C@H]1C(=O)O[C@H]2c3cc(C)cc(OCOC)c3C3=C(C(=O)c4c(OCOC)cccc4C3=O)N12. The van der Waals surface area contributed by atoms with Crippen molar-refractivity contribution in [3.63, 3.8) is 0 Å². The van der Waals surface area contributed by atoms with E-state index in [1.54, 1.807) is 29.2 Å². The molecule has 2 aliphatic heterocycles. The van der Waals surface area contributed by atoms with Crippen LogP contribution in [0.5, 0.6) is 11.5 Å². The first kappa shape index (κ1) is 25.0. The third-order valence-corrected chi connectivity index (χ3v) is 7.10. The zero-order valence-electron chi connectivity index (χ0n) is 21.5. The van der Waals surface area contributed by atoms with Crippen molar-refractivity contribution >= 4 is 23.1 Å². The van der Waals surface area contributed by atoms with Gasteiger partial charge in [0, 0.05) is 30.9 Å². The number of allylic oxidation sites excluding steroid dienone is 2. The second-order valence-electron chi connectivity index (χ2n) is 9.42. The maximum atomic E-state index is 14.3. The molecule has 0 saturated carbocycles. The Morgan fingerprint density at radius 1 is 0.973 bits per heavy atom. The first-order valence-corrected chi connectivity index (χ1v) is 12.2. The highest BCUT2D eigenvalue weighted by Crippen LogP contribution is 2.53. The van der Waals surface area contributed by atoms with Gasteiger partial charge < -0.3 is 28.6 Å². The Morgan fingerprint density at radius 3 is 2.35 bits per heavy atom. The number of carbonyl (C=O) groups excluding carboxylic acids is 3. The summed E-state index contributed by atoms with van der Waals surface area (Å²) < 4.78 is 27.6. The van der Waals surface area contributed by atoms with Gasteiger partial charge in [-0.3, -0.25) is 9.59 Å². The Hall–Kier alpha value is -3.69. The normalized spacial score (nSPS) is 20.7. The van der Waals surface area contributed by atoms with Gasteiger partial charge in [0.1, 0.15) is 23.2 Å². The van der Waals surface area contributed by atoms with Crippen LogP contribution >= 0.6 is 0 Å². The van der Waals surface area contributed by atoms with Crippen LogP contribution in [0.3, 0.4) is 0 Å². The molecule has 1 saturated heterocycles. The number of carbonyl (C=O) groups is 3. The molecular formula is C28H29NO8. The molecule has 1 fully saturated rings. The van der Waals surface area contributed by atoms with Crippen LogP contribution < -0.4 is 9.47 Å². The lowest BCUT2D eigenvalue weighted by Crippen LogP contribution is -2.45. The Kier molecular flexibility index (Phi) is 6.51. The van der Waals surface area contributed by atoms with Crippen LogP contribution in [0.4, 0.5) is 0 Å². The quantitative estimate of drug-likeness (QED) is 0.387. The Morgan fingerprint density at radius 2 is 1.68 bits per heavy atom. The molecule has 0 N–H and O–H groups in total. The summed E-state index contributed by atoms with van der Waals surface area (Å²) in [6.45, 7) is 5.64. The number of aryl methyl sites for hydroxylation is 1. The zero-order chi connectivity index (χ0) is 26.4. The molecule has 0 bridgehead atoms. The number of hydrogen-bond acceptors (Lipinski definition) is 9. The summed E-state index contributed by atoms with van der Waals surface area (Å²) in [4.78, 5) is 43.4. The molecule has 3 atom stereocenters. The van der Waals surface area contributed by atoms with Gasteiger partial charge in [-0.1, -0.05) is 32.4 Å². The molecule has 0 radical (unpaired) electrons. The maximum Gasteiger partial charge on any atom is 0.331 e. The lowest BCUT2D eigenvalue weighted by Gasteiger charge is -2.40. The number of rotatable bonds is 8. The van der Waals surface area contributed by atoms with E-state index < -0.39 is 24.0 Å². The number of hydrogen-bond donors (Lipinski definition) is 0. The molecule has 0 spiro atoms. The molecule has 2 aromatic carbocycles. The Labute approximate surface area is 214 Å². The molecular weight excluding hydrogens is 478 g/mol. The van der Waals surface area contributed by atoms with E-state index in [1.165, 1.54) is 14.2 Å². The number of nitrogens with zero attached hydrogens (tertiary/aromatic N) is 1. The van der Waals surface area contributed by atoms with Gasteiger partial charge in [0.15, 0.2) is 19.4 Å². The molecule has 2 heterocycles. The topological polar surface area (TPSA) is 101 Å². The summed E-state index contributed by atoms with van der Waals surface area (Å²) in [7, 11) is 2.97. The highest BCUT2D eigenvalue weighted by Gasteiger charge is 2.55. The van der Waals surface area contributed by atoms with Crippen molar-refractivity contribution in [2.45, 2.75) is 39.5 Å². The standard InChI is InChI=1S/C28H29NO8/c1-6-15(3)23-28(32)37-27-17-10-14(2)11-19(36-13-34-5)20(17)22-24(29(23)27)26(31)21-16(25(22)30)8-7-9-18(21)35-12-33-4/h7-11,15,23,27H,6,12-13H2,1-5H3/t15-,23-,27-/m0/s1. The van der Waals surface area contributed by atoms with E-state index in [4.69, 9.17) is 23.7 Å². The third-order valence-electron chi connectivity index (χ3n) is 7.10. The van der Waals surface area contributed by atoms with Gasteiger partial charge in [-0.2, -0.15) is 0 Å². The summed E-state index contributed by atoms with van der Waals surface area (Å²) in [5, 5.41) is 0. The van der Waals surface area contributed by atoms with Gasteiger partial charge in [0.2, 0.25) is 12.0 Å². The average Bonchev–Trinajstić information content (AvgIpc) is 3.24. The maximum absolute atomic E-state index is 14.3. The second kappa shape index (κ2) is 9.64. The van der Waals surface area contributed by atoms with Gasteiger partial charge in [-0.05, 0) is 36.6 Å². The molecule has 1 aliphatic carbocycles. The number of fused-ring (bicyclic) bond motifs is 6. The van der Waals surface area contributed by atoms with E-state index in [1.807, 2.05) is 26.8 Å². The van der Waals surface area contributed by atoms with Gasteiger partial charge in [0.05, 0.1) is 11.1 Å². The summed E-state index contributed by atoms with van der Waals surface area (Å²) in [5.41, 5.74) is 2.54. The van der Waals surface area contributed by atoms with Crippen molar-refractivity contribution in [3.8, 4) is 11.5 Å². The van der Waals surface area contributed by atoms with E-state index in [9.17, 15) is 14.4 Å². The van der Waals surface area contributed by atoms with Crippen molar-refractivity contribution < 1.29 is 38.1 Å². The van der Waals surface area contributed by atoms with Crippen molar-refractivity contribution in [1.29, 1.82) is 0 Å². The van der Waals surface area contributed by atoms with E-state index in [2.05, 4.69) is 0 Å². The Balaban J connectivity index is 1.81. The van der Waals surface area contributed by atoms with Gasteiger partial charge in [0.25, 0.3) is 0 Å². The zero-order valence-corrected chi connectivity index (χ0v) is 21.5. The molecule has 0 unspecified atom stereocenters. The van der Waals surface area contributed by atoms with Crippen LogP contribution in [0.15, 0.2) is 36.0 Å². The van der Waals surface area contributed by atoms with Crippen molar-refractivity contribution in [2.75, 3.05) is 27.8 Å². The van der Waals surface area contributed by atoms with Crippen molar-refractivity contribution in [3.05, 3.63) is 63.8 Å². The van der Waals surface area contributed by atoms with Crippen LogP contribution in [-0.2, 0) is 19.0 Å². The Bertz CT molecular complexity index is 1330. The van der Waals surface area contributed by atoms with Crippen LogP contribution in [-0.4, -0.2) is 56.3 Å². The molecule has 2 aromatic rings. The molecule has 0 aromatic heterocycles. The van der Waals surface area contributed by atoms with Gasteiger partial charge in [-0.15, -0.1) is 0 Å².